The number of carbonyl (C=O) groups is 2. The van der Waals surface area contributed by atoms with E-state index >= 15 is 0 Å². The second-order valence-electron chi connectivity index (χ2n) is 4.50. The summed E-state index contributed by atoms with van der Waals surface area (Å²) in [6.07, 6.45) is 0. The molecule has 0 bridgehead atoms. The summed E-state index contributed by atoms with van der Waals surface area (Å²) in [7, 11) is 0. The van der Waals surface area contributed by atoms with Crippen LogP contribution in [0.25, 0.3) is 0 Å². The number of anilines is 1. The molecule has 7 heteroatoms. The van der Waals surface area contributed by atoms with E-state index in [1.807, 2.05) is 0 Å². The van der Waals surface area contributed by atoms with E-state index in [0.717, 1.165) is 12.1 Å². The highest BCUT2D eigenvalue weighted by Gasteiger charge is 2.15. The lowest BCUT2D eigenvalue weighted by Gasteiger charge is -2.08. The van der Waals surface area contributed by atoms with Gasteiger partial charge in [-0.3, -0.25) is 4.79 Å². The Morgan fingerprint density at radius 1 is 1.13 bits per heavy atom. The Bertz CT molecular complexity index is 748. The molecule has 0 saturated heterocycles. The van der Waals surface area contributed by atoms with Crippen LogP contribution in [-0.4, -0.2) is 18.5 Å². The number of rotatable bonds is 4. The zero-order chi connectivity index (χ0) is 17.0. The van der Waals surface area contributed by atoms with Crippen molar-refractivity contribution in [2.24, 2.45) is 0 Å². The van der Waals surface area contributed by atoms with Crippen molar-refractivity contribution in [3.8, 4) is 0 Å². The molecule has 0 saturated carbocycles. The molecule has 1 N–H and O–H groups in total. The molecule has 23 heavy (non-hydrogen) atoms. The van der Waals surface area contributed by atoms with E-state index in [-0.39, 0.29) is 22.2 Å². The van der Waals surface area contributed by atoms with Crippen LogP contribution in [0.5, 0.6) is 0 Å². The molecule has 0 atom stereocenters. The quantitative estimate of drug-likeness (QED) is 0.645. The molecule has 0 aliphatic carbocycles. The molecule has 0 fully saturated rings. The molecule has 0 spiro atoms. The van der Waals surface area contributed by atoms with E-state index in [9.17, 15) is 14.0 Å². The van der Waals surface area contributed by atoms with Crippen LogP contribution < -0.4 is 5.32 Å². The van der Waals surface area contributed by atoms with Crippen LogP contribution in [0, 0.1) is 5.82 Å². The second-order valence-corrected chi connectivity index (χ2v) is 5.31. The summed E-state index contributed by atoms with van der Waals surface area (Å²) in [5, 5.41) is 2.44. The van der Waals surface area contributed by atoms with Crippen molar-refractivity contribution < 1.29 is 18.7 Å². The summed E-state index contributed by atoms with van der Waals surface area (Å²) in [5.74, 6) is -1.78. The number of benzene rings is 2. The van der Waals surface area contributed by atoms with Crippen LogP contribution in [0.15, 0.2) is 36.4 Å². The number of nitrogens with one attached hydrogen (secondary N) is 1. The molecular formula is C16H12Cl2FNO3. The number of ether oxygens (including phenoxy) is 1. The highest BCUT2D eigenvalue weighted by atomic mass is 35.5. The highest BCUT2D eigenvalue weighted by Crippen LogP contribution is 2.25. The van der Waals surface area contributed by atoms with E-state index in [1.165, 1.54) is 24.3 Å². The fraction of sp³-hybridized carbons (Fsp3) is 0.125. The van der Waals surface area contributed by atoms with Crippen LogP contribution in [0.3, 0.4) is 0 Å². The van der Waals surface area contributed by atoms with Gasteiger partial charge in [-0.1, -0.05) is 23.2 Å². The number of hydrogen-bond acceptors (Lipinski definition) is 3. The third-order valence-corrected chi connectivity index (χ3v) is 3.51. The number of amides is 1. The summed E-state index contributed by atoms with van der Waals surface area (Å²) in [6.45, 7) is 1.99. The SMILES string of the molecule is CCOC(=O)c1ccc(NC(=O)c2cc(F)c(Cl)cc2Cl)cc1. The molecule has 0 radical (unpaired) electrons. The van der Waals surface area contributed by atoms with Gasteiger partial charge in [-0.25, -0.2) is 9.18 Å². The first-order chi connectivity index (χ1) is 10.9. The van der Waals surface area contributed by atoms with Crippen molar-refractivity contribution in [3.05, 3.63) is 63.4 Å². The molecule has 4 nitrogen and oxygen atoms in total. The molecule has 1 amide bonds. The molecule has 2 aromatic carbocycles. The first-order valence-corrected chi connectivity index (χ1v) is 7.41. The van der Waals surface area contributed by atoms with Crippen LogP contribution in [0.2, 0.25) is 10.0 Å². The van der Waals surface area contributed by atoms with Crippen LogP contribution >= 0.6 is 23.2 Å². The standard InChI is InChI=1S/C16H12Cl2FNO3/c1-2-23-16(22)9-3-5-10(6-4-9)20-15(21)11-7-14(19)13(18)8-12(11)17/h3-8H,2H2,1H3,(H,20,21). The maximum Gasteiger partial charge on any atom is 0.338 e. The predicted octanol–water partition coefficient (Wildman–Crippen LogP) is 4.56. The van der Waals surface area contributed by atoms with Gasteiger partial charge in [0.15, 0.2) is 0 Å². The smallest absolute Gasteiger partial charge is 0.338 e. The second kappa shape index (κ2) is 7.44. The maximum atomic E-state index is 13.5. The van der Waals surface area contributed by atoms with E-state index in [4.69, 9.17) is 27.9 Å². The van der Waals surface area contributed by atoms with Gasteiger partial charge in [0.1, 0.15) is 5.82 Å². The summed E-state index contributed by atoms with van der Waals surface area (Å²) in [5.41, 5.74) is 0.748. The van der Waals surface area contributed by atoms with Crippen molar-refractivity contribution in [2.45, 2.75) is 6.92 Å². The fourth-order valence-corrected chi connectivity index (χ4v) is 2.27. The van der Waals surface area contributed by atoms with E-state index in [2.05, 4.69) is 5.32 Å². The number of esters is 1. The Balaban J connectivity index is 2.15. The largest absolute Gasteiger partial charge is 0.462 e. The van der Waals surface area contributed by atoms with Crippen molar-refractivity contribution in [1.29, 1.82) is 0 Å². The maximum absolute atomic E-state index is 13.5. The Morgan fingerprint density at radius 3 is 2.39 bits per heavy atom. The molecule has 0 aliphatic rings. The summed E-state index contributed by atoms with van der Waals surface area (Å²) < 4.78 is 18.3. The number of carbonyl (C=O) groups excluding carboxylic acids is 2. The minimum Gasteiger partial charge on any atom is -0.462 e. The molecule has 2 aromatic rings. The molecule has 2 rings (SSSR count). The Hall–Kier alpha value is -2.11. The number of halogens is 3. The van der Waals surface area contributed by atoms with Gasteiger partial charge < -0.3 is 10.1 Å². The van der Waals surface area contributed by atoms with Crippen LogP contribution in [0.4, 0.5) is 10.1 Å². The summed E-state index contributed by atoms with van der Waals surface area (Å²) >= 11 is 11.5. The van der Waals surface area contributed by atoms with Gasteiger partial charge in [0.05, 0.1) is 27.8 Å². The molecule has 0 unspecified atom stereocenters. The van der Waals surface area contributed by atoms with Crippen molar-refractivity contribution in [2.75, 3.05) is 11.9 Å². The lowest BCUT2D eigenvalue weighted by Crippen LogP contribution is -2.13. The minimum absolute atomic E-state index is 0.0389. The predicted molar refractivity (Wildman–Crippen MR) is 86.8 cm³/mol. The van der Waals surface area contributed by atoms with Crippen LogP contribution in [0.1, 0.15) is 27.6 Å². The molecular weight excluding hydrogens is 344 g/mol. The van der Waals surface area contributed by atoms with Gasteiger partial charge in [0.25, 0.3) is 5.91 Å². The van der Waals surface area contributed by atoms with Gasteiger partial charge >= 0.3 is 5.97 Å². The molecule has 0 heterocycles. The van der Waals surface area contributed by atoms with Gasteiger partial charge in [0.2, 0.25) is 0 Å². The van der Waals surface area contributed by atoms with E-state index in [0.29, 0.717) is 11.3 Å². The average Bonchev–Trinajstić information content (AvgIpc) is 2.51. The average molecular weight is 356 g/mol. The van der Waals surface area contributed by atoms with E-state index < -0.39 is 17.7 Å². The topological polar surface area (TPSA) is 55.4 Å². The van der Waals surface area contributed by atoms with Gasteiger partial charge in [-0.15, -0.1) is 0 Å². The monoisotopic (exact) mass is 355 g/mol. The zero-order valence-corrected chi connectivity index (χ0v) is 13.5. The van der Waals surface area contributed by atoms with Gasteiger partial charge in [0, 0.05) is 5.69 Å². The van der Waals surface area contributed by atoms with Crippen molar-refractivity contribution in [3.63, 3.8) is 0 Å². The minimum atomic E-state index is -0.737. The zero-order valence-electron chi connectivity index (χ0n) is 12.0. The van der Waals surface area contributed by atoms with Crippen LogP contribution in [-0.2, 0) is 4.74 Å². The van der Waals surface area contributed by atoms with Crippen molar-refractivity contribution >= 4 is 40.8 Å². The van der Waals surface area contributed by atoms with Gasteiger partial charge in [-0.2, -0.15) is 0 Å². The third-order valence-electron chi connectivity index (χ3n) is 2.91. The summed E-state index contributed by atoms with van der Waals surface area (Å²) in [6, 6.07) is 8.22. The lowest BCUT2D eigenvalue weighted by atomic mass is 10.1. The Labute approximate surface area is 142 Å². The first kappa shape index (κ1) is 17.2. The van der Waals surface area contributed by atoms with Gasteiger partial charge in [-0.05, 0) is 43.3 Å². The number of hydrogen-bond donors (Lipinski definition) is 1. The lowest BCUT2D eigenvalue weighted by molar-refractivity contribution is 0.0526. The normalized spacial score (nSPS) is 10.3. The Morgan fingerprint density at radius 2 is 1.78 bits per heavy atom. The fourth-order valence-electron chi connectivity index (χ4n) is 1.80. The third kappa shape index (κ3) is 4.21. The van der Waals surface area contributed by atoms with E-state index in [1.54, 1.807) is 6.92 Å². The first-order valence-electron chi connectivity index (χ1n) is 6.65. The molecule has 120 valence electrons. The summed E-state index contributed by atoms with van der Waals surface area (Å²) in [4.78, 5) is 23.7. The highest BCUT2D eigenvalue weighted by molar-refractivity contribution is 6.37. The Kier molecular flexibility index (Phi) is 5.58. The van der Waals surface area contributed by atoms with Crippen molar-refractivity contribution in [1.82, 2.24) is 0 Å². The molecule has 0 aliphatic heterocycles. The molecule has 0 aromatic heterocycles.